The summed E-state index contributed by atoms with van der Waals surface area (Å²) >= 11 is 0. The van der Waals surface area contributed by atoms with E-state index < -0.39 is 0 Å². The van der Waals surface area contributed by atoms with Crippen LogP contribution in [0, 0.1) is 12.8 Å². The molecule has 1 aliphatic heterocycles. The van der Waals surface area contributed by atoms with Crippen molar-refractivity contribution < 1.29 is 9.47 Å². The second-order valence-electron chi connectivity index (χ2n) is 7.33. The number of guanidine groups is 1. The molecule has 9 nitrogen and oxygen atoms in total. The zero-order valence-electron chi connectivity index (χ0n) is 17.4. The van der Waals surface area contributed by atoms with Crippen molar-refractivity contribution in [3.05, 3.63) is 11.6 Å². The van der Waals surface area contributed by atoms with Crippen molar-refractivity contribution in [2.24, 2.45) is 18.0 Å². The summed E-state index contributed by atoms with van der Waals surface area (Å²) in [6.45, 7) is 12.8. The summed E-state index contributed by atoms with van der Waals surface area (Å²) in [5, 5.41) is 14.9. The Balaban J connectivity index is 1.89. The third kappa shape index (κ3) is 7.43. The van der Waals surface area contributed by atoms with Gasteiger partial charge in [0.2, 0.25) is 0 Å². The molecule has 154 valence electrons. The molecule has 27 heavy (non-hydrogen) atoms. The number of rotatable bonds is 9. The first-order chi connectivity index (χ1) is 13.0. The number of aromatic nitrogens is 3. The highest BCUT2D eigenvalue weighted by molar-refractivity contribution is 5.79. The van der Waals surface area contributed by atoms with Crippen LogP contribution in [0.1, 0.15) is 25.5 Å². The van der Waals surface area contributed by atoms with Gasteiger partial charge in [0.1, 0.15) is 12.4 Å². The van der Waals surface area contributed by atoms with Crippen LogP contribution < -0.4 is 10.6 Å². The average molecular weight is 382 g/mol. The minimum absolute atomic E-state index is 0.156. The highest BCUT2D eigenvalue weighted by Gasteiger charge is 2.21. The summed E-state index contributed by atoms with van der Waals surface area (Å²) in [6.07, 6.45) is 0.156. The number of hydrogen-bond donors (Lipinski definition) is 2. The largest absolute Gasteiger partial charge is 0.383 e. The number of nitrogens with zero attached hydrogens (tertiary/aromatic N) is 5. The van der Waals surface area contributed by atoms with Crippen molar-refractivity contribution in [1.82, 2.24) is 30.3 Å². The predicted molar refractivity (Wildman–Crippen MR) is 106 cm³/mol. The molecular formula is C18H35N7O2. The van der Waals surface area contributed by atoms with E-state index in [-0.39, 0.29) is 6.10 Å². The molecule has 0 amide bonds. The number of methoxy groups -OCH3 is 1. The topological polar surface area (TPSA) is 88.8 Å². The maximum absolute atomic E-state index is 5.91. The Morgan fingerprint density at radius 2 is 2.19 bits per heavy atom. The SMILES string of the molecule is COCCNC(=NCc1nnc(C)n1C)NCC1CN(CC(C)C)CCO1. The molecule has 2 rings (SSSR count). The third-order valence-electron chi connectivity index (χ3n) is 4.50. The lowest BCUT2D eigenvalue weighted by atomic mass is 10.2. The van der Waals surface area contributed by atoms with Gasteiger partial charge >= 0.3 is 0 Å². The molecule has 2 N–H and O–H groups in total. The fraction of sp³-hybridized carbons (Fsp3) is 0.833. The van der Waals surface area contributed by atoms with E-state index in [0.717, 1.165) is 43.8 Å². The molecule has 0 aliphatic carbocycles. The number of ether oxygens (including phenoxy) is 2. The van der Waals surface area contributed by atoms with Crippen LogP contribution in [-0.2, 0) is 23.1 Å². The van der Waals surface area contributed by atoms with Crippen LogP contribution in [0.25, 0.3) is 0 Å². The van der Waals surface area contributed by atoms with E-state index in [2.05, 4.69) is 44.6 Å². The molecule has 1 saturated heterocycles. The molecule has 0 bridgehead atoms. The van der Waals surface area contributed by atoms with Gasteiger partial charge in [-0.25, -0.2) is 4.99 Å². The minimum Gasteiger partial charge on any atom is -0.383 e. The molecule has 1 aliphatic rings. The summed E-state index contributed by atoms with van der Waals surface area (Å²) in [4.78, 5) is 7.11. The lowest BCUT2D eigenvalue weighted by Gasteiger charge is -2.34. The highest BCUT2D eigenvalue weighted by atomic mass is 16.5. The normalized spacial score (nSPS) is 18.9. The average Bonchev–Trinajstić information content (AvgIpc) is 2.95. The Hall–Kier alpha value is -1.71. The summed E-state index contributed by atoms with van der Waals surface area (Å²) in [7, 11) is 3.64. The quantitative estimate of drug-likeness (QED) is 0.358. The Morgan fingerprint density at radius 1 is 1.37 bits per heavy atom. The Kier molecular flexibility index (Phi) is 8.96. The molecule has 0 aromatic carbocycles. The lowest BCUT2D eigenvalue weighted by Crippen LogP contribution is -2.50. The first kappa shape index (κ1) is 21.6. The molecule has 1 fully saturated rings. The monoisotopic (exact) mass is 381 g/mol. The number of aryl methyl sites for hydroxylation is 1. The standard InChI is InChI=1S/C18H35N7O2/c1-14(2)12-25-7-9-27-16(13-25)10-20-18(19-6-8-26-5)21-11-17-23-22-15(3)24(17)4/h14,16H,6-13H2,1-5H3,(H2,19,20,21). The zero-order chi connectivity index (χ0) is 19.6. The minimum atomic E-state index is 0.156. The van der Waals surface area contributed by atoms with Crippen molar-refractivity contribution >= 4 is 5.96 Å². The van der Waals surface area contributed by atoms with Gasteiger partial charge in [-0.1, -0.05) is 13.8 Å². The summed E-state index contributed by atoms with van der Waals surface area (Å²) in [5.74, 6) is 3.11. The van der Waals surface area contributed by atoms with Crippen LogP contribution in [0.5, 0.6) is 0 Å². The van der Waals surface area contributed by atoms with Crippen LogP contribution in [-0.4, -0.2) is 84.8 Å². The second kappa shape index (κ2) is 11.2. The van der Waals surface area contributed by atoms with E-state index in [1.165, 1.54) is 0 Å². The lowest BCUT2D eigenvalue weighted by molar-refractivity contribution is -0.0284. The smallest absolute Gasteiger partial charge is 0.191 e. The number of nitrogens with one attached hydrogen (secondary N) is 2. The third-order valence-corrected chi connectivity index (χ3v) is 4.50. The molecule has 9 heteroatoms. The summed E-state index contributed by atoms with van der Waals surface area (Å²) in [5.41, 5.74) is 0. The summed E-state index contributed by atoms with van der Waals surface area (Å²) in [6, 6.07) is 0. The van der Waals surface area contributed by atoms with E-state index in [0.29, 0.717) is 32.2 Å². The molecule has 0 saturated carbocycles. The van der Waals surface area contributed by atoms with Gasteiger partial charge in [-0.3, -0.25) is 4.90 Å². The maximum atomic E-state index is 5.91. The van der Waals surface area contributed by atoms with Gasteiger partial charge in [0.05, 0.1) is 19.3 Å². The molecule has 0 spiro atoms. The number of morpholine rings is 1. The fourth-order valence-corrected chi connectivity index (χ4v) is 2.98. The van der Waals surface area contributed by atoms with E-state index >= 15 is 0 Å². The Bertz CT molecular complexity index is 588. The van der Waals surface area contributed by atoms with Crippen LogP contribution in [0.4, 0.5) is 0 Å². The molecule has 1 atom stereocenters. The van der Waals surface area contributed by atoms with Crippen molar-refractivity contribution in [2.45, 2.75) is 33.4 Å². The van der Waals surface area contributed by atoms with Gasteiger partial charge < -0.3 is 24.7 Å². The molecule has 2 heterocycles. The van der Waals surface area contributed by atoms with E-state index in [1.807, 2.05) is 18.5 Å². The first-order valence-corrected chi connectivity index (χ1v) is 9.69. The van der Waals surface area contributed by atoms with Gasteiger partial charge in [0.15, 0.2) is 11.8 Å². The summed E-state index contributed by atoms with van der Waals surface area (Å²) < 4.78 is 13.0. The van der Waals surface area contributed by atoms with Crippen molar-refractivity contribution in [2.75, 3.05) is 53.0 Å². The number of aliphatic imine (C=N–C) groups is 1. The van der Waals surface area contributed by atoms with Crippen LogP contribution >= 0.6 is 0 Å². The Labute approximate surface area is 162 Å². The van der Waals surface area contributed by atoms with E-state index in [4.69, 9.17) is 9.47 Å². The predicted octanol–water partition coefficient (Wildman–Crippen LogP) is 0.162. The molecule has 1 aromatic rings. The van der Waals surface area contributed by atoms with Gasteiger partial charge in [-0.2, -0.15) is 0 Å². The fourth-order valence-electron chi connectivity index (χ4n) is 2.98. The first-order valence-electron chi connectivity index (χ1n) is 9.69. The van der Waals surface area contributed by atoms with Gasteiger partial charge in [0, 0.05) is 46.9 Å². The second-order valence-corrected chi connectivity index (χ2v) is 7.33. The van der Waals surface area contributed by atoms with Crippen LogP contribution in [0.3, 0.4) is 0 Å². The van der Waals surface area contributed by atoms with E-state index in [9.17, 15) is 0 Å². The zero-order valence-corrected chi connectivity index (χ0v) is 17.4. The highest BCUT2D eigenvalue weighted by Crippen LogP contribution is 2.07. The molecule has 1 aromatic heterocycles. The van der Waals surface area contributed by atoms with Gasteiger partial charge in [-0.05, 0) is 12.8 Å². The molecule has 1 unspecified atom stereocenters. The molecule has 0 radical (unpaired) electrons. The van der Waals surface area contributed by atoms with Gasteiger partial charge in [-0.15, -0.1) is 10.2 Å². The Morgan fingerprint density at radius 3 is 2.85 bits per heavy atom. The van der Waals surface area contributed by atoms with Crippen LogP contribution in [0.15, 0.2) is 4.99 Å². The molecular weight excluding hydrogens is 346 g/mol. The van der Waals surface area contributed by atoms with Gasteiger partial charge in [0.25, 0.3) is 0 Å². The van der Waals surface area contributed by atoms with Crippen molar-refractivity contribution in [3.63, 3.8) is 0 Å². The van der Waals surface area contributed by atoms with Crippen molar-refractivity contribution in [3.8, 4) is 0 Å². The van der Waals surface area contributed by atoms with Crippen molar-refractivity contribution in [1.29, 1.82) is 0 Å². The number of hydrogen-bond acceptors (Lipinski definition) is 6. The van der Waals surface area contributed by atoms with E-state index in [1.54, 1.807) is 7.11 Å². The maximum Gasteiger partial charge on any atom is 0.191 e. The van der Waals surface area contributed by atoms with Crippen LogP contribution in [0.2, 0.25) is 0 Å².